The van der Waals surface area contributed by atoms with Gasteiger partial charge in [-0.1, -0.05) is 38.1 Å². The Hall–Kier alpha value is -1.88. The van der Waals surface area contributed by atoms with E-state index in [1.807, 2.05) is 25.1 Å². The second-order valence-electron chi connectivity index (χ2n) is 6.04. The highest BCUT2D eigenvalue weighted by molar-refractivity contribution is 9.10. The maximum atomic E-state index is 12.2. The van der Waals surface area contributed by atoms with Crippen LogP contribution < -0.4 is 10.9 Å². The standard InChI is InChI=1S/C18H22BrN3O/c1-12(2)10-14-4-6-15(7-5-14)13(3)18(23)22-21-17-9-8-16(19)11-20-17/h4-9,11-13H,10H2,1-3H3,(H,20,21)(H,22,23). The number of aromatic nitrogens is 1. The van der Waals surface area contributed by atoms with Crippen LogP contribution in [-0.2, 0) is 11.2 Å². The van der Waals surface area contributed by atoms with Crippen LogP contribution in [0.4, 0.5) is 5.82 Å². The number of benzene rings is 1. The fraction of sp³-hybridized carbons (Fsp3) is 0.333. The molecule has 0 bridgehead atoms. The number of nitrogens with one attached hydrogen (secondary N) is 2. The maximum Gasteiger partial charge on any atom is 0.245 e. The highest BCUT2D eigenvalue weighted by Gasteiger charge is 2.15. The van der Waals surface area contributed by atoms with E-state index in [0.717, 1.165) is 16.5 Å². The molecule has 0 radical (unpaired) electrons. The number of nitrogens with zero attached hydrogens (tertiary/aromatic N) is 1. The van der Waals surface area contributed by atoms with Crippen molar-refractivity contribution in [3.63, 3.8) is 0 Å². The molecular weight excluding hydrogens is 354 g/mol. The lowest BCUT2D eigenvalue weighted by Gasteiger charge is -2.14. The summed E-state index contributed by atoms with van der Waals surface area (Å²) in [4.78, 5) is 16.4. The molecule has 4 nitrogen and oxygen atoms in total. The van der Waals surface area contributed by atoms with Crippen molar-refractivity contribution in [2.24, 2.45) is 5.92 Å². The Labute approximate surface area is 145 Å². The van der Waals surface area contributed by atoms with Crippen molar-refractivity contribution in [2.75, 3.05) is 5.43 Å². The number of carbonyl (C=O) groups is 1. The molecule has 5 heteroatoms. The van der Waals surface area contributed by atoms with Gasteiger partial charge in [-0.05, 0) is 58.5 Å². The van der Waals surface area contributed by atoms with Crippen LogP contribution in [0.15, 0.2) is 47.1 Å². The van der Waals surface area contributed by atoms with Gasteiger partial charge in [-0.25, -0.2) is 4.98 Å². The molecule has 122 valence electrons. The van der Waals surface area contributed by atoms with Crippen molar-refractivity contribution >= 4 is 27.7 Å². The lowest BCUT2D eigenvalue weighted by atomic mass is 9.96. The summed E-state index contributed by atoms with van der Waals surface area (Å²) >= 11 is 3.32. The summed E-state index contributed by atoms with van der Waals surface area (Å²) in [6, 6.07) is 11.9. The Morgan fingerprint density at radius 2 is 1.83 bits per heavy atom. The Morgan fingerprint density at radius 3 is 2.39 bits per heavy atom. The first-order valence-electron chi connectivity index (χ1n) is 7.72. The van der Waals surface area contributed by atoms with Crippen LogP contribution in [0.3, 0.4) is 0 Å². The quantitative estimate of drug-likeness (QED) is 0.740. The Morgan fingerprint density at radius 1 is 1.13 bits per heavy atom. The smallest absolute Gasteiger partial charge is 0.245 e. The number of pyridine rings is 1. The van der Waals surface area contributed by atoms with Crippen LogP contribution >= 0.6 is 15.9 Å². The molecule has 23 heavy (non-hydrogen) atoms. The first kappa shape index (κ1) is 17.5. The van der Waals surface area contributed by atoms with Crippen LogP contribution in [-0.4, -0.2) is 10.9 Å². The normalized spacial score (nSPS) is 12.0. The lowest BCUT2D eigenvalue weighted by molar-refractivity contribution is -0.121. The third-order valence-electron chi connectivity index (χ3n) is 3.56. The zero-order valence-electron chi connectivity index (χ0n) is 13.6. The number of rotatable bonds is 6. The molecule has 0 aliphatic carbocycles. The predicted molar refractivity (Wildman–Crippen MR) is 97.1 cm³/mol. The van der Waals surface area contributed by atoms with Gasteiger partial charge in [0, 0.05) is 10.7 Å². The molecule has 0 saturated heterocycles. The van der Waals surface area contributed by atoms with Gasteiger partial charge in [0.1, 0.15) is 5.82 Å². The van der Waals surface area contributed by atoms with E-state index in [4.69, 9.17) is 0 Å². The van der Waals surface area contributed by atoms with Gasteiger partial charge in [-0.2, -0.15) is 0 Å². The van der Waals surface area contributed by atoms with E-state index >= 15 is 0 Å². The molecule has 0 aliphatic heterocycles. The summed E-state index contributed by atoms with van der Waals surface area (Å²) in [5, 5.41) is 0. The van der Waals surface area contributed by atoms with Gasteiger partial charge in [0.15, 0.2) is 0 Å². The van der Waals surface area contributed by atoms with E-state index in [2.05, 4.69) is 57.7 Å². The van der Waals surface area contributed by atoms with Gasteiger partial charge < -0.3 is 0 Å². The van der Waals surface area contributed by atoms with Crippen molar-refractivity contribution in [3.05, 3.63) is 58.2 Å². The molecule has 1 heterocycles. The van der Waals surface area contributed by atoms with E-state index in [1.165, 1.54) is 5.56 Å². The largest absolute Gasteiger partial charge is 0.282 e. The SMILES string of the molecule is CC(C)Cc1ccc(C(C)C(=O)NNc2ccc(Br)cn2)cc1. The third kappa shape index (κ3) is 5.36. The summed E-state index contributed by atoms with van der Waals surface area (Å²) in [5.74, 6) is 0.905. The number of hydrazine groups is 1. The fourth-order valence-corrected chi connectivity index (χ4v) is 2.48. The molecule has 2 rings (SSSR count). The molecule has 1 atom stereocenters. The Balaban J connectivity index is 1.92. The number of halogens is 1. The van der Waals surface area contributed by atoms with Crippen molar-refractivity contribution in [1.29, 1.82) is 0 Å². The van der Waals surface area contributed by atoms with Crippen molar-refractivity contribution in [1.82, 2.24) is 10.4 Å². The van der Waals surface area contributed by atoms with E-state index in [0.29, 0.717) is 11.7 Å². The summed E-state index contributed by atoms with van der Waals surface area (Å²) in [6.07, 6.45) is 2.73. The first-order chi connectivity index (χ1) is 11.0. The minimum Gasteiger partial charge on any atom is -0.282 e. The summed E-state index contributed by atoms with van der Waals surface area (Å²) in [6.45, 7) is 6.29. The summed E-state index contributed by atoms with van der Waals surface area (Å²) in [7, 11) is 0. The fourth-order valence-electron chi connectivity index (χ4n) is 2.25. The molecule has 0 aliphatic rings. The van der Waals surface area contributed by atoms with Crippen molar-refractivity contribution in [3.8, 4) is 0 Å². The Kier molecular flexibility index (Phi) is 6.16. The van der Waals surface area contributed by atoms with Crippen molar-refractivity contribution < 1.29 is 4.79 Å². The molecule has 2 aromatic rings. The van der Waals surface area contributed by atoms with E-state index in [-0.39, 0.29) is 11.8 Å². The number of hydrogen-bond donors (Lipinski definition) is 2. The maximum absolute atomic E-state index is 12.2. The molecule has 1 amide bonds. The number of anilines is 1. The van der Waals surface area contributed by atoms with Gasteiger partial charge in [0.2, 0.25) is 5.91 Å². The van der Waals surface area contributed by atoms with Crippen molar-refractivity contribution in [2.45, 2.75) is 33.1 Å². The predicted octanol–water partition coefficient (Wildman–Crippen LogP) is 4.29. The average Bonchev–Trinajstić information content (AvgIpc) is 2.53. The molecule has 1 unspecified atom stereocenters. The van der Waals surface area contributed by atoms with E-state index < -0.39 is 0 Å². The van der Waals surface area contributed by atoms with Gasteiger partial charge in [-0.3, -0.25) is 15.6 Å². The molecule has 0 fully saturated rings. The van der Waals surface area contributed by atoms with Crippen LogP contribution in [0.25, 0.3) is 0 Å². The molecule has 0 saturated carbocycles. The average molecular weight is 376 g/mol. The van der Waals surface area contributed by atoms with Gasteiger partial charge in [-0.15, -0.1) is 0 Å². The highest BCUT2D eigenvalue weighted by Crippen LogP contribution is 2.18. The van der Waals surface area contributed by atoms with Crippen LogP contribution in [0.5, 0.6) is 0 Å². The second kappa shape index (κ2) is 8.11. The molecule has 1 aromatic heterocycles. The van der Waals surface area contributed by atoms with Gasteiger partial charge >= 0.3 is 0 Å². The molecule has 0 spiro atoms. The Bertz CT molecular complexity index is 638. The van der Waals surface area contributed by atoms with Crippen LogP contribution in [0, 0.1) is 5.92 Å². The summed E-state index contributed by atoms with van der Waals surface area (Å²) in [5.41, 5.74) is 7.83. The minimum absolute atomic E-state index is 0.0914. The van der Waals surface area contributed by atoms with Gasteiger partial charge in [0.25, 0.3) is 0 Å². The lowest BCUT2D eigenvalue weighted by Crippen LogP contribution is -2.33. The molecular formula is C18H22BrN3O. The van der Waals surface area contributed by atoms with Crippen LogP contribution in [0.1, 0.15) is 37.8 Å². The highest BCUT2D eigenvalue weighted by atomic mass is 79.9. The minimum atomic E-state index is -0.231. The topological polar surface area (TPSA) is 54.0 Å². The first-order valence-corrected chi connectivity index (χ1v) is 8.51. The van der Waals surface area contributed by atoms with E-state index in [9.17, 15) is 4.79 Å². The van der Waals surface area contributed by atoms with Crippen LogP contribution in [0.2, 0.25) is 0 Å². The monoisotopic (exact) mass is 375 g/mol. The zero-order valence-corrected chi connectivity index (χ0v) is 15.2. The summed E-state index contributed by atoms with van der Waals surface area (Å²) < 4.78 is 0.893. The van der Waals surface area contributed by atoms with Gasteiger partial charge in [0.05, 0.1) is 5.92 Å². The van der Waals surface area contributed by atoms with E-state index in [1.54, 1.807) is 12.3 Å². The number of amides is 1. The molecule has 2 N–H and O–H groups in total. The number of hydrogen-bond acceptors (Lipinski definition) is 3. The molecule has 1 aromatic carbocycles. The zero-order chi connectivity index (χ0) is 16.8. The third-order valence-corrected chi connectivity index (χ3v) is 4.03. The second-order valence-corrected chi connectivity index (χ2v) is 6.95. The number of carbonyl (C=O) groups excluding carboxylic acids is 1.